The SMILES string of the molecule is NC1(N)C=CC(c2ccccc2)(c2ccccc2)C(c2ccccc2)=C1. The molecule has 0 aliphatic heterocycles. The minimum Gasteiger partial charge on any atom is -0.307 e. The molecule has 4 N–H and O–H groups in total. The predicted octanol–water partition coefficient (Wildman–Crippen LogP) is 4.24. The van der Waals surface area contributed by atoms with E-state index >= 15 is 0 Å². The Morgan fingerprint density at radius 2 is 1.00 bits per heavy atom. The van der Waals surface area contributed by atoms with E-state index in [-0.39, 0.29) is 0 Å². The van der Waals surface area contributed by atoms with Crippen molar-refractivity contribution in [3.8, 4) is 0 Å². The summed E-state index contributed by atoms with van der Waals surface area (Å²) in [7, 11) is 0. The summed E-state index contributed by atoms with van der Waals surface area (Å²) in [5, 5.41) is 0. The lowest BCUT2D eigenvalue weighted by Crippen LogP contribution is -2.49. The van der Waals surface area contributed by atoms with Gasteiger partial charge in [-0.1, -0.05) is 97.1 Å². The van der Waals surface area contributed by atoms with Crippen LogP contribution >= 0.6 is 0 Å². The summed E-state index contributed by atoms with van der Waals surface area (Å²) in [5.41, 5.74) is 15.8. The summed E-state index contributed by atoms with van der Waals surface area (Å²) in [6.07, 6.45) is 6.04. The van der Waals surface area contributed by atoms with E-state index in [9.17, 15) is 0 Å². The first-order chi connectivity index (χ1) is 12.6. The van der Waals surface area contributed by atoms with E-state index in [0.717, 1.165) is 11.1 Å². The number of benzene rings is 3. The average molecular weight is 338 g/mol. The van der Waals surface area contributed by atoms with Crippen LogP contribution in [0.25, 0.3) is 5.57 Å². The van der Waals surface area contributed by atoms with E-state index in [1.807, 2.05) is 42.5 Å². The molecule has 0 atom stereocenters. The molecule has 1 aliphatic carbocycles. The van der Waals surface area contributed by atoms with Crippen molar-refractivity contribution in [1.29, 1.82) is 0 Å². The normalized spacial score (nSPS) is 17.5. The zero-order valence-electron chi connectivity index (χ0n) is 14.5. The average Bonchev–Trinajstić information content (AvgIpc) is 2.70. The third-order valence-electron chi connectivity index (χ3n) is 4.98. The first-order valence-corrected chi connectivity index (χ1v) is 8.80. The molecule has 0 aromatic heterocycles. The molecular weight excluding hydrogens is 316 g/mol. The molecule has 0 fully saturated rings. The Balaban J connectivity index is 2.05. The van der Waals surface area contributed by atoms with Crippen molar-refractivity contribution in [2.45, 2.75) is 11.1 Å². The number of hydrogen-bond donors (Lipinski definition) is 2. The van der Waals surface area contributed by atoms with Crippen LogP contribution in [-0.2, 0) is 5.41 Å². The fraction of sp³-hybridized carbons (Fsp3) is 0.0833. The van der Waals surface area contributed by atoms with Crippen LogP contribution in [0.4, 0.5) is 0 Å². The van der Waals surface area contributed by atoms with E-state index in [1.54, 1.807) is 0 Å². The fourth-order valence-corrected chi connectivity index (χ4v) is 3.77. The topological polar surface area (TPSA) is 52.0 Å². The molecule has 0 spiro atoms. The van der Waals surface area contributed by atoms with Crippen LogP contribution in [0.15, 0.2) is 109 Å². The Morgan fingerprint density at radius 1 is 0.538 bits per heavy atom. The molecule has 4 rings (SSSR count). The minimum atomic E-state index is -0.974. The monoisotopic (exact) mass is 338 g/mol. The first-order valence-electron chi connectivity index (χ1n) is 8.80. The van der Waals surface area contributed by atoms with Crippen molar-refractivity contribution < 1.29 is 0 Å². The molecule has 128 valence electrons. The van der Waals surface area contributed by atoms with Crippen molar-refractivity contribution >= 4 is 5.57 Å². The predicted molar refractivity (Wildman–Crippen MR) is 108 cm³/mol. The molecule has 0 unspecified atom stereocenters. The maximum atomic E-state index is 6.30. The highest BCUT2D eigenvalue weighted by Gasteiger charge is 2.40. The molecule has 2 heteroatoms. The zero-order valence-corrected chi connectivity index (χ0v) is 14.5. The van der Waals surface area contributed by atoms with Gasteiger partial charge in [0.15, 0.2) is 0 Å². The molecule has 0 saturated heterocycles. The van der Waals surface area contributed by atoms with E-state index in [2.05, 4.69) is 66.7 Å². The second-order valence-corrected chi connectivity index (χ2v) is 6.80. The van der Waals surface area contributed by atoms with E-state index < -0.39 is 11.1 Å². The number of rotatable bonds is 3. The van der Waals surface area contributed by atoms with Crippen LogP contribution in [0.5, 0.6) is 0 Å². The Kier molecular flexibility index (Phi) is 4.08. The molecule has 0 radical (unpaired) electrons. The van der Waals surface area contributed by atoms with E-state index in [1.165, 1.54) is 11.1 Å². The number of hydrogen-bond acceptors (Lipinski definition) is 2. The highest BCUT2D eigenvalue weighted by Crippen LogP contribution is 2.47. The van der Waals surface area contributed by atoms with Crippen LogP contribution in [0.1, 0.15) is 16.7 Å². The minimum absolute atomic E-state index is 0.438. The lowest BCUT2D eigenvalue weighted by atomic mass is 9.64. The van der Waals surface area contributed by atoms with E-state index in [4.69, 9.17) is 11.5 Å². The largest absolute Gasteiger partial charge is 0.307 e. The molecule has 3 aromatic carbocycles. The van der Waals surface area contributed by atoms with Gasteiger partial charge in [-0.05, 0) is 34.4 Å². The van der Waals surface area contributed by atoms with Gasteiger partial charge in [-0.2, -0.15) is 0 Å². The molecule has 26 heavy (non-hydrogen) atoms. The Hall–Kier alpha value is -2.94. The van der Waals surface area contributed by atoms with Gasteiger partial charge in [0.2, 0.25) is 0 Å². The van der Waals surface area contributed by atoms with Gasteiger partial charge in [-0.25, -0.2) is 0 Å². The van der Waals surface area contributed by atoms with Gasteiger partial charge in [0.05, 0.1) is 5.41 Å². The van der Waals surface area contributed by atoms with E-state index in [0.29, 0.717) is 0 Å². The summed E-state index contributed by atoms with van der Waals surface area (Å²) in [5.74, 6) is 0. The maximum absolute atomic E-state index is 6.30. The molecule has 0 amide bonds. The van der Waals surface area contributed by atoms with Crippen molar-refractivity contribution in [1.82, 2.24) is 0 Å². The fourth-order valence-electron chi connectivity index (χ4n) is 3.77. The van der Waals surface area contributed by atoms with Gasteiger partial charge in [0, 0.05) is 0 Å². The standard InChI is InChI=1S/C24H22N2/c25-23(26)16-17-24(20-12-6-2-7-13-20,21-14-8-3-9-15-21)22(18-23)19-10-4-1-5-11-19/h1-18H,25-26H2. The number of nitrogens with two attached hydrogens (primary N) is 2. The summed E-state index contributed by atoms with van der Waals surface area (Å²) < 4.78 is 0. The maximum Gasteiger partial charge on any atom is 0.103 e. The van der Waals surface area contributed by atoms with Crippen molar-refractivity contribution in [3.05, 3.63) is 126 Å². The molecule has 0 heterocycles. The zero-order chi connectivity index (χ0) is 18.0. The second kappa shape index (κ2) is 6.41. The Bertz CT molecular complexity index is 900. The Morgan fingerprint density at radius 3 is 1.50 bits per heavy atom. The van der Waals surface area contributed by atoms with Crippen LogP contribution in [0.3, 0.4) is 0 Å². The van der Waals surface area contributed by atoms with Crippen molar-refractivity contribution in [2.75, 3.05) is 0 Å². The summed E-state index contributed by atoms with van der Waals surface area (Å²) in [6, 6.07) is 31.3. The van der Waals surface area contributed by atoms with Gasteiger partial charge in [-0.3, -0.25) is 0 Å². The van der Waals surface area contributed by atoms with Crippen LogP contribution in [0.2, 0.25) is 0 Å². The quantitative estimate of drug-likeness (QED) is 0.554. The van der Waals surface area contributed by atoms with Crippen LogP contribution in [-0.4, -0.2) is 5.66 Å². The van der Waals surface area contributed by atoms with Gasteiger partial charge in [0.25, 0.3) is 0 Å². The lowest BCUT2D eigenvalue weighted by Gasteiger charge is -2.40. The summed E-state index contributed by atoms with van der Waals surface area (Å²) in [4.78, 5) is 0. The molecule has 0 bridgehead atoms. The number of allylic oxidation sites excluding steroid dienone is 2. The van der Waals surface area contributed by atoms with Crippen molar-refractivity contribution in [2.24, 2.45) is 11.5 Å². The molecule has 3 aromatic rings. The Labute approximate surface area is 154 Å². The van der Waals surface area contributed by atoms with Crippen molar-refractivity contribution in [3.63, 3.8) is 0 Å². The first kappa shape index (κ1) is 16.5. The smallest absolute Gasteiger partial charge is 0.103 e. The van der Waals surface area contributed by atoms with Gasteiger partial charge in [0.1, 0.15) is 5.66 Å². The third-order valence-corrected chi connectivity index (χ3v) is 4.98. The highest BCUT2D eigenvalue weighted by atomic mass is 14.9. The van der Waals surface area contributed by atoms with Gasteiger partial charge in [-0.15, -0.1) is 0 Å². The molecule has 2 nitrogen and oxygen atoms in total. The van der Waals surface area contributed by atoms with Gasteiger partial charge >= 0.3 is 0 Å². The summed E-state index contributed by atoms with van der Waals surface area (Å²) >= 11 is 0. The van der Waals surface area contributed by atoms with Crippen LogP contribution < -0.4 is 11.5 Å². The van der Waals surface area contributed by atoms with Crippen LogP contribution in [0, 0.1) is 0 Å². The van der Waals surface area contributed by atoms with Gasteiger partial charge < -0.3 is 11.5 Å². The molecule has 1 aliphatic rings. The highest BCUT2D eigenvalue weighted by molar-refractivity contribution is 5.84. The summed E-state index contributed by atoms with van der Waals surface area (Å²) in [6.45, 7) is 0. The lowest BCUT2D eigenvalue weighted by molar-refractivity contribution is 0.657. The molecular formula is C24H22N2. The second-order valence-electron chi connectivity index (χ2n) is 6.80. The molecule has 0 saturated carbocycles. The third kappa shape index (κ3) is 2.80.